The van der Waals surface area contributed by atoms with Gasteiger partial charge in [0.05, 0.1) is 18.0 Å². The molecule has 0 radical (unpaired) electrons. The summed E-state index contributed by atoms with van der Waals surface area (Å²) in [5.41, 5.74) is 0.941. The van der Waals surface area contributed by atoms with Gasteiger partial charge in [-0.05, 0) is 38.1 Å². The molecule has 2 rings (SSSR count). The summed E-state index contributed by atoms with van der Waals surface area (Å²) in [6, 6.07) is 12.5. The van der Waals surface area contributed by atoms with E-state index in [1.54, 1.807) is 6.92 Å². The van der Waals surface area contributed by atoms with E-state index in [1.165, 1.54) is 18.2 Å². The molecule has 0 saturated heterocycles. The Morgan fingerprint density at radius 1 is 1.19 bits per heavy atom. The minimum Gasteiger partial charge on any atom is -0.491 e. The number of amides is 1. The maximum Gasteiger partial charge on any atom is 0.241 e. The molecule has 0 spiro atoms. The summed E-state index contributed by atoms with van der Waals surface area (Å²) in [6.45, 7) is 3.40. The van der Waals surface area contributed by atoms with Crippen LogP contribution < -0.4 is 14.4 Å². The minimum absolute atomic E-state index is 0.168. The third-order valence-corrected chi connectivity index (χ3v) is 4.86. The van der Waals surface area contributed by atoms with Gasteiger partial charge in [0.2, 0.25) is 15.9 Å². The monoisotopic (exact) mass is 394 g/mol. The average Bonchev–Trinajstić information content (AvgIpc) is 2.59. The lowest BCUT2D eigenvalue weighted by Gasteiger charge is -2.23. The molecule has 2 aromatic rings. The van der Waals surface area contributed by atoms with Crippen LogP contribution in [0.15, 0.2) is 48.5 Å². The fourth-order valence-electron chi connectivity index (χ4n) is 2.38. The fraction of sp³-hybridized carbons (Fsp3) is 0.316. The van der Waals surface area contributed by atoms with Gasteiger partial charge in [-0.15, -0.1) is 0 Å². The van der Waals surface area contributed by atoms with Crippen LogP contribution in [0.3, 0.4) is 0 Å². The topological polar surface area (TPSA) is 75.7 Å². The lowest BCUT2D eigenvalue weighted by Crippen LogP contribution is -2.45. The van der Waals surface area contributed by atoms with E-state index in [2.05, 4.69) is 5.32 Å². The van der Waals surface area contributed by atoms with Crippen molar-refractivity contribution in [1.82, 2.24) is 5.32 Å². The number of nitrogens with one attached hydrogen (secondary N) is 1. The summed E-state index contributed by atoms with van der Waals surface area (Å²) in [4.78, 5) is 12.3. The van der Waals surface area contributed by atoms with Gasteiger partial charge in [0, 0.05) is 0 Å². The lowest BCUT2D eigenvalue weighted by molar-refractivity contribution is -0.120. The van der Waals surface area contributed by atoms with Crippen molar-refractivity contribution < 1.29 is 22.3 Å². The zero-order valence-corrected chi connectivity index (χ0v) is 16.3. The molecule has 0 fully saturated rings. The number of anilines is 1. The van der Waals surface area contributed by atoms with Crippen LogP contribution in [-0.2, 0) is 14.8 Å². The van der Waals surface area contributed by atoms with Crippen molar-refractivity contribution in [3.8, 4) is 5.75 Å². The molecule has 6 nitrogen and oxygen atoms in total. The molecule has 1 N–H and O–H groups in total. The maximum atomic E-state index is 14.0. The second-order valence-electron chi connectivity index (χ2n) is 6.31. The van der Waals surface area contributed by atoms with Crippen molar-refractivity contribution in [2.75, 3.05) is 23.7 Å². The third kappa shape index (κ3) is 6.25. The van der Waals surface area contributed by atoms with Crippen LogP contribution >= 0.6 is 0 Å². The summed E-state index contributed by atoms with van der Waals surface area (Å²) in [6.07, 6.45) is 0.927. The normalized spacial score (nSPS) is 12.3. The Morgan fingerprint density at radius 2 is 1.81 bits per heavy atom. The van der Waals surface area contributed by atoms with E-state index >= 15 is 0 Å². The second kappa shape index (κ2) is 8.85. The van der Waals surface area contributed by atoms with Gasteiger partial charge in [0.1, 0.15) is 24.7 Å². The molecule has 0 aromatic heterocycles. The molecule has 1 amide bonds. The van der Waals surface area contributed by atoms with Crippen molar-refractivity contribution in [3.63, 3.8) is 0 Å². The second-order valence-corrected chi connectivity index (χ2v) is 8.22. The zero-order valence-electron chi connectivity index (χ0n) is 15.5. The Balaban J connectivity index is 1.97. The Hall–Kier alpha value is -2.61. The highest BCUT2D eigenvalue weighted by Crippen LogP contribution is 2.21. The molecule has 0 aliphatic heterocycles. The van der Waals surface area contributed by atoms with Crippen molar-refractivity contribution in [2.24, 2.45) is 0 Å². The maximum absolute atomic E-state index is 14.0. The average molecular weight is 394 g/mol. The van der Waals surface area contributed by atoms with Gasteiger partial charge >= 0.3 is 0 Å². The molecule has 2 aromatic carbocycles. The summed E-state index contributed by atoms with van der Waals surface area (Å²) in [5, 5.41) is 2.66. The van der Waals surface area contributed by atoms with E-state index in [0.29, 0.717) is 5.75 Å². The van der Waals surface area contributed by atoms with Gasteiger partial charge in [-0.25, -0.2) is 12.8 Å². The van der Waals surface area contributed by atoms with Crippen LogP contribution in [0, 0.1) is 12.7 Å². The van der Waals surface area contributed by atoms with Crippen molar-refractivity contribution in [2.45, 2.75) is 19.9 Å². The number of aryl methyl sites for hydroxylation is 1. The van der Waals surface area contributed by atoms with Gasteiger partial charge in [-0.2, -0.15) is 0 Å². The number of hydrogen-bond donors (Lipinski definition) is 1. The molecule has 1 atom stereocenters. The molecule has 0 unspecified atom stereocenters. The van der Waals surface area contributed by atoms with Crippen LogP contribution in [0.4, 0.5) is 10.1 Å². The number of carbonyl (C=O) groups excluding carboxylic acids is 1. The van der Waals surface area contributed by atoms with Gasteiger partial charge in [0.25, 0.3) is 0 Å². The van der Waals surface area contributed by atoms with Crippen molar-refractivity contribution >= 4 is 21.6 Å². The van der Waals surface area contributed by atoms with Gasteiger partial charge < -0.3 is 10.1 Å². The van der Waals surface area contributed by atoms with Crippen LogP contribution in [-0.4, -0.2) is 39.8 Å². The predicted molar refractivity (Wildman–Crippen MR) is 103 cm³/mol. The molecule has 0 heterocycles. The first kappa shape index (κ1) is 20.7. The van der Waals surface area contributed by atoms with Crippen molar-refractivity contribution in [3.05, 3.63) is 59.9 Å². The van der Waals surface area contributed by atoms with Gasteiger partial charge in [-0.3, -0.25) is 9.10 Å². The first-order chi connectivity index (χ1) is 12.7. The largest absolute Gasteiger partial charge is 0.491 e. The van der Waals surface area contributed by atoms with Crippen LogP contribution in [0.5, 0.6) is 5.75 Å². The fourth-order valence-corrected chi connectivity index (χ4v) is 3.24. The van der Waals surface area contributed by atoms with E-state index in [1.807, 2.05) is 31.2 Å². The van der Waals surface area contributed by atoms with E-state index in [-0.39, 0.29) is 18.3 Å². The Labute approximate surface area is 159 Å². The first-order valence-corrected chi connectivity index (χ1v) is 10.2. The van der Waals surface area contributed by atoms with E-state index in [0.717, 1.165) is 22.2 Å². The summed E-state index contributed by atoms with van der Waals surface area (Å²) in [5.74, 6) is -0.596. The standard InChI is InChI=1S/C19H23FN2O4S/c1-14-8-10-16(11-9-14)26-13-15(2)21-19(23)12-22(27(3,24)25)18-7-5-4-6-17(18)20/h4-11,15H,12-13H2,1-3H3,(H,21,23)/t15-/m1/s1. The van der Waals surface area contributed by atoms with Gasteiger partial charge in [0.15, 0.2) is 0 Å². The smallest absolute Gasteiger partial charge is 0.241 e. The molecule has 8 heteroatoms. The molecule has 0 aliphatic carbocycles. The molecular formula is C19H23FN2O4S. The minimum atomic E-state index is -3.83. The lowest BCUT2D eigenvalue weighted by atomic mass is 10.2. The van der Waals surface area contributed by atoms with E-state index < -0.39 is 28.3 Å². The molecule has 0 aliphatic rings. The molecule has 146 valence electrons. The zero-order chi connectivity index (χ0) is 20.0. The number of hydrogen-bond acceptors (Lipinski definition) is 4. The van der Waals surface area contributed by atoms with E-state index in [4.69, 9.17) is 4.74 Å². The number of rotatable bonds is 8. The predicted octanol–water partition coefficient (Wildman–Crippen LogP) is 2.48. The summed E-state index contributed by atoms with van der Waals surface area (Å²) >= 11 is 0. The Kier molecular flexibility index (Phi) is 6.79. The molecule has 0 saturated carbocycles. The number of benzene rings is 2. The van der Waals surface area contributed by atoms with Crippen molar-refractivity contribution in [1.29, 1.82) is 0 Å². The SMILES string of the molecule is Cc1ccc(OC[C@@H](C)NC(=O)CN(c2ccccc2F)S(C)(=O)=O)cc1. The van der Waals surface area contributed by atoms with Crippen LogP contribution in [0.1, 0.15) is 12.5 Å². The number of carbonyl (C=O) groups is 1. The van der Waals surface area contributed by atoms with Gasteiger partial charge in [-0.1, -0.05) is 29.8 Å². The quantitative estimate of drug-likeness (QED) is 0.746. The summed E-state index contributed by atoms with van der Waals surface area (Å²) in [7, 11) is -3.83. The highest BCUT2D eigenvalue weighted by molar-refractivity contribution is 7.92. The molecular weight excluding hydrogens is 371 g/mol. The number of halogens is 1. The Morgan fingerprint density at radius 3 is 2.41 bits per heavy atom. The van der Waals surface area contributed by atoms with E-state index in [9.17, 15) is 17.6 Å². The third-order valence-electron chi connectivity index (χ3n) is 3.74. The Bertz CT molecular complexity index is 885. The number of sulfonamides is 1. The number of nitrogens with zero attached hydrogens (tertiary/aromatic N) is 1. The molecule has 0 bridgehead atoms. The first-order valence-electron chi connectivity index (χ1n) is 8.38. The molecule has 27 heavy (non-hydrogen) atoms. The van der Waals surface area contributed by atoms with Crippen LogP contribution in [0.2, 0.25) is 0 Å². The highest BCUT2D eigenvalue weighted by atomic mass is 32.2. The van der Waals surface area contributed by atoms with Crippen LogP contribution in [0.25, 0.3) is 0 Å². The summed E-state index contributed by atoms with van der Waals surface area (Å²) < 4.78 is 44.3. The highest BCUT2D eigenvalue weighted by Gasteiger charge is 2.24. The number of ether oxygens (including phenoxy) is 1. The number of para-hydroxylation sites is 1.